The fraction of sp³-hybridized carbons (Fsp3) is 0.870. The van der Waals surface area contributed by atoms with Crippen molar-refractivity contribution in [3.8, 4) is 0 Å². The average Bonchev–Trinajstić information content (AvgIpc) is 3.24. The summed E-state index contributed by atoms with van der Waals surface area (Å²) in [6, 6.07) is 0. The number of fused-ring (bicyclic) bond motifs is 5. The third-order valence-corrected chi connectivity index (χ3v) is 10.3. The molecule has 4 fully saturated rings. The monoisotopic (exact) mass is 496 g/mol. The van der Waals surface area contributed by atoms with E-state index in [4.69, 9.17) is 9.57 Å². The predicted molar refractivity (Wildman–Crippen MR) is 116 cm³/mol. The van der Waals surface area contributed by atoms with Gasteiger partial charge in [0.1, 0.15) is 6.61 Å². The minimum Gasteiger partial charge on any atom is -0.458 e. The molecule has 12 heteroatoms. The molecule has 0 bridgehead atoms. The zero-order chi connectivity index (χ0) is 25.4. The van der Waals surface area contributed by atoms with Gasteiger partial charge in [0.2, 0.25) is 11.6 Å². The molecule has 0 aromatic carbocycles. The number of hydrogen-bond donors (Lipinski definition) is 2. The first-order valence-corrected chi connectivity index (χ1v) is 12.3. The molecule has 0 aromatic rings. The number of nitrogens with zero attached hydrogens (tertiary/aromatic N) is 2. The van der Waals surface area contributed by atoms with Gasteiger partial charge >= 0.3 is 5.97 Å². The smallest absolute Gasteiger partial charge is 0.331 e. The Morgan fingerprint density at radius 3 is 2.31 bits per heavy atom. The van der Waals surface area contributed by atoms with Gasteiger partial charge in [0.15, 0.2) is 0 Å². The van der Waals surface area contributed by atoms with Crippen LogP contribution in [0.4, 0.5) is 0 Å². The van der Waals surface area contributed by atoms with Gasteiger partial charge in [0.25, 0.3) is 10.2 Å². The molecule has 0 amide bonds. The third-order valence-electron chi connectivity index (χ3n) is 10.3. The Balaban J connectivity index is 1.45. The number of cyclic esters (lactones) is 1. The Labute approximate surface area is 201 Å². The van der Waals surface area contributed by atoms with Crippen LogP contribution >= 0.6 is 0 Å². The van der Waals surface area contributed by atoms with E-state index in [0.717, 1.165) is 19.3 Å². The predicted octanol–water partition coefficient (Wildman–Crippen LogP) is 2.53. The number of rotatable bonds is 5. The van der Waals surface area contributed by atoms with Crippen LogP contribution in [0.3, 0.4) is 0 Å². The van der Waals surface area contributed by atoms with Gasteiger partial charge < -0.3 is 14.9 Å². The van der Waals surface area contributed by atoms with Crippen molar-refractivity contribution in [2.45, 2.75) is 76.8 Å². The first-order valence-electron chi connectivity index (χ1n) is 12.3. The number of esters is 1. The fourth-order valence-electron chi connectivity index (χ4n) is 8.96. The number of aliphatic hydroxyl groups is 2. The highest BCUT2D eigenvalue weighted by atomic mass is 17.0. The summed E-state index contributed by atoms with van der Waals surface area (Å²) in [5, 5.41) is 42.6. The van der Waals surface area contributed by atoms with Crippen molar-refractivity contribution in [3.05, 3.63) is 31.9 Å². The molecule has 1 aliphatic heterocycles. The second-order valence-electron chi connectivity index (χ2n) is 11.8. The molecule has 0 saturated heterocycles. The Morgan fingerprint density at radius 2 is 1.69 bits per heavy atom. The van der Waals surface area contributed by atoms with Crippen molar-refractivity contribution in [2.24, 2.45) is 40.4 Å². The SMILES string of the molecule is C[C@]12CC[C@@](O)(O[N+](=O)[O-])C[C@H]1CC[C@@H]1[C@@H]2CC[C@]2(C)[C@@H](C3=CC(=O)OC3)[C@@](O)(O[N+](=O)[O-])C[C@@H]12. The van der Waals surface area contributed by atoms with E-state index in [-0.39, 0.29) is 55.0 Å². The van der Waals surface area contributed by atoms with Gasteiger partial charge in [-0.1, -0.05) is 13.8 Å². The summed E-state index contributed by atoms with van der Waals surface area (Å²) in [7, 11) is 0. The van der Waals surface area contributed by atoms with Crippen molar-refractivity contribution in [1.29, 1.82) is 0 Å². The van der Waals surface area contributed by atoms with Crippen LogP contribution in [0, 0.1) is 60.6 Å². The minimum atomic E-state index is -2.05. The van der Waals surface area contributed by atoms with Gasteiger partial charge in [0, 0.05) is 31.3 Å². The quantitative estimate of drug-likeness (QED) is 0.249. The highest BCUT2D eigenvalue weighted by Crippen LogP contribution is 2.70. The second-order valence-corrected chi connectivity index (χ2v) is 11.8. The zero-order valence-corrected chi connectivity index (χ0v) is 19.9. The van der Waals surface area contributed by atoms with E-state index in [1.165, 1.54) is 6.08 Å². The number of hydrogen-bond acceptors (Lipinski definition) is 10. The van der Waals surface area contributed by atoms with Crippen LogP contribution in [0.5, 0.6) is 0 Å². The summed E-state index contributed by atoms with van der Waals surface area (Å²) >= 11 is 0. The van der Waals surface area contributed by atoms with E-state index in [9.17, 15) is 35.2 Å². The Hall–Kier alpha value is -2.47. The molecule has 4 aliphatic carbocycles. The molecule has 194 valence electrons. The second kappa shape index (κ2) is 7.76. The number of carbonyl (C=O) groups excluding carboxylic acids is 1. The summed E-state index contributed by atoms with van der Waals surface area (Å²) in [5.41, 5.74) is -0.177. The molecule has 4 saturated carbocycles. The molecule has 0 aromatic heterocycles. The van der Waals surface area contributed by atoms with Crippen LogP contribution in [0.25, 0.3) is 0 Å². The van der Waals surface area contributed by atoms with Crippen molar-refractivity contribution >= 4 is 5.97 Å². The van der Waals surface area contributed by atoms with Crippen molar-refractivity contribution < 1.29 is 39.6 Å². The maximum atomic E-state index is 11.8. The number of ether oxygens (including phenoxy) is 1. The van der Waals surface area contributed by atoms with Gasteiger partial charge in [-0.2, -0.15) is 0 Å². The molecule has 1 heterocycles. The maximum absolute atomic E-state index is 11.8. The lowest BCUT2D eigenvalue weighted by Crippen LogP contribution is -2.56. The molecule has 9 atom stereocenters. The van der Waals surface area contributed by atoms with E-state index < -0.39 is 39.0 Å². The maximum Gasteiger partial charge on any atom is 0.331 e. The molecular weight excluding hydrogens is 464 g/mol. The van der Waals surface area contributed by atoms with Gasteiger partial charge in [-0.25, -0.2) is 4.79 Å². The zero-order valence-electron chi connectivity index (χ0n) is 19.9. The van der Waals surface area contributed by atoms with E-state index >= 15 is 0 Å². The van der Waals surface area contributed by atoms with Crippen LogP contribution in [0.15, 0.2) is 11.6 Å². The number of carbonyl (C=O) groups is 1. The first-order chi connectivity index (χ1) is 16.3. The summed E-state index contributed by atoms with van der Waals surface area (Å²) in [4.78, 5) is 43.7. The highest BCUT2D eigenvalue weighted by molar-refractivity contribution is 5.85. The Kier molecular flexibility index (Phi) is 5.37. The largest absolute Gasteiger partial charge is 0.458 e. The summed E-state index contributed by atoms with van der Waals surface area (Å²) in [6.07, 6.45) is 5.33. The van der Waals surface area contributed by atoms with E-state index in [1.54, 1.807) is 0 Å². The molecule has 5 aliphatic rings. The lowest BCUT2D eigenvalue weighted by atomic mass is 9.44. The van der Waals surface area contributed by atoms with Crippen LogP contribution in [-0.2, 0) is 19.2 Å². The molecule has 5 rings (SSSR count). The summed E-state index contributed by atoms with van der Waals surface area (Å²) in [5.74, 6) is -4.75. The molecule has 12 nitrogen and oxygen atoms in total. The van der Waals surface area contributed by atoms with Gasteiger partial charge in [0.05, 0.1) is 0 Å². The molecule has 0 unspecified atom stereocenters. The standard InChI is InChI=1S/C23H32N2O10/c1-20-7-8-22(27,34-24(29)30)10-14(20)3-4-15-16(20)5-6-21(2)17(15)11-23(28,35-25(31)32)19(21)13-9-18(26)33-12-13/h9,14-17,19,27-28H,3-8,10-12H2,1-2H3/t14-,15-,16+,17+,19-,20+,21+,22-,23+/m1/s1. The van der Waals surface area contributed by atoms with Crippen LogP contribution in [-0.4, -0.2) is 44.5 Å². The lowest BCUT2D eigenvalue weighted by molar-refractivity contribution is -0.798. The molecule has 0 spiro atoms. The Morgan fingerprint density at radius 1 is 0.971 bits per heavy atom. The van der Waals surface area contributed by atoms with Crippen LogP contribution in [0.1, 0.15) is 65.2 Å². The Bertz CT molecular complexity index is 987. The summed E-state index contributed by atoms with van der Waals surface area (Å²) < 4.78 is 5.09. The van der Waals surface area contributed by atoms with Gasteiger partial charge in [-0.15, -0.1) is 20.2 Å². The van der Waals surface area contributed by atoms with E-state index in [1.807, 2.05) is 6.92 Å². The highest BCUT2D eigenvalue weighted by Gasteiger charge is 2.69. The van der Waals surface area contributed by atoms with E-state index in [2.05, 4.69) is 11.8 Å². The van der Waals surface area contributed by atoms with Gasteiger partial charge in [-0.05, 0) is 72.2 Å². The molecule has 35 heavy (non-hydrogen) atoms. The van der Waals surface area contributed by atoms with Crippen LogP contribution < -0.4 is 0 Å². The molecule has 2 N–H and O–H groups in total. The minimum absolute atomic E-state index is 0.0158. The van der Waals surface area contributed by atoms with Gasteiger partial charge in [-0.3, -0.25) is 9.68 Å². The first kappa shape index (κ1) is 24.2. The summed E-state index contributed by atoms with van der Waals surface area (Å²) in [6.45, 7) is 4.20. The van der Waals surface area contributed by atoms with Crippen molar-refractivity contribution in [1.82, 2.24) is 0 Å². The van der Waals surface area contributed by atoms with Crippen LogP contribution in [0.2, 0.25) is 0 Å². The molecular formula is C23H32N2O10. The lowest BCUT2D eigenvalue weighted by Gasteiger charge is -2.61. The molecule has 0 radical (unpaired) electrons. The topological polar surface area (TPSA) is 171 Å². The third kappa shape index (κ3) is 3.67. The van der Waals surface area contributed by atoms with Crippen molar-refractivity contribution in [3.63, 3.8) is 0 Å². The average molecular weight is 497 g/mol. The van der Waals surface area contributed by atoms with E-state index in [0.29, 0.717) is 18.4 Å². The fourth-order valence-corrected chi connectivity index (χ4v) is 8.96. The normalized spacial score (nSPS) is 48.6. The van der Waals surface area contributed by atoms with Crippen molar-refractivity contribution in [2.75, 3.05) is 6.61 Å².